The molecule has 0 amide bonds. The Morgan fingerprint density at radius 3 is 2.48 bits per heavy atom. The van der Waals surface area contributed by atoms with Gasteiger partial charge in [-0.15, -0.1) is 0 Å². The molecule has 2 aromatic rings. The largest absolute Gasteiger partial charge is 0.477 e. The van der Waals surface area contributed by atoms with E-state index in [0.29, 0.717) is 11.1 Å². The average molecular weight is 291 g/mol. The van der Waals surface area contributed by atoms with Crippen molar-refractivity contribution in [3.8, 4) is 11.1 Å². The molecular weight excluding hydrogens is 281 g/mol. The van der Waals surface area contributed by atoms with Gasteiger partial charge in [0.25, 0.3) is 5.56 Å². The minimum absolute atomic E-state index is 0.280. The molecular formula is C14H10FNO5. The number of hydrogen-bond donors (Lipinski definition) is 2. The van der Waals surface area contributed by atoms with Crippen LogP contribution in [-0.2, 0) is 4.74 Å². The number of nitrogens with one attached hydrogen (secondary N) is 1. The highest BCUT2D eigenvalue weighted by Gasteiger charge is 2.15. The lowest BCUT2D eigenvalue weighted by Crippen LogP contribution is -2.16. The van der Waals surface area contributed by atoms with Crippen LogP contribution in [-0.4, -0.2) is 29.1 Å². The van der Waals surface area contributed by atoms with E-state index in [1.165, 1.54) is 18.3 Å². The van der Waals surface area contributed by atoms with Crippen molar-refractivity contribution in [2.75, 3.05) is 7.11 Å². The summed E-state index contributed by atoms with van der Waals surface area (Å²) in [5, 5.41) is 8.91. The summed E-state index contributed by atoms with van der Waals surface area (Å²) >= 11 is 0. The molecule has 1 aromatic heterocycles. The molecule has 2 N–H and O–H groups in total. The van der Waals surface area contributed by atoms with Crippen molar-refractivity contribution in [3.63, 3.8) is 0 Å². The Morgan fingerprint density at radius 2 is 1.86 bits per heavy atom. The normalized spacial score (nSPS) is 10.2. The van der Waals surface area contributed by atoms with Crippen molar-refractivity contribution in [2.24, 2.45) is 0 Å². The first kappa shape index (κ1) is 14.4. The number of aromatic amines is 1. The number of halogens is 1. The number of ether oxygens (including phenoxy) is 1. The maximum absolute atomic E-state index is 13.5. The fraction of sp³-hybridized carbons (Fsp3) is 0.0714. The van der Waals surface area contributed by atoms with E-state index in [-0.39, 0.29) is 5.56 Å². The predicted molar refractivity (Wildman–Crippen MR) is 70.8 cm³/mol. The average Bonchev–Trinajstić information content (AvgIpc) is 2.47. The van der Waals surface area contributed by atoms with Gasteiger partial charge in [-0.2, -0.15) is 0 Å². The third-order valence-corrected chi connectivity index (χ3v) is 2.84. The summed E-state index contributed by atoms with van der Waals surface area (Å²) in [5.41, 5.74) is -0.774. The lowest BCUT2D eigenvalue weighted by molar-refractivity contribution is 0.0594. The molecule has 0 aliphatic carbocycles. The predicted octanol–water partition coefficient (Wildman–Crippen LogP) is 1.67. The highest BCUT2D eigenvalue weighted by molar-refractivity contribution is 5.92. The number of methoxy groups -OCH3 is 1. The number of rotatable bonds is 3. The Hall–Kier alpha value is -2.96. The van der Waals surface area contributed by atoms with E-state index >= 15 is 0 Å². The zero-order valence-electron chi connectivity index (χ0n) is 10.8. The summed E-state index contributed by atoms with van der Waals surface area (Å²) in [4.78, 5) is 36.0. The van der Waals surface area contributed by atoms with Gasteiger partial charge in [-0.3, -0.25) is 4.79 Å². The Bertz CT molecular complexity index is 781. The van der Waals surface area contributed by atoms with Crippen molar-refractivity contribution in [2.45, 2.75) is 0 Å². The van der Waals surface area contributed by atoms with E-state index in [9.17, 15) is 18.8 Å². The second-order valence-corrected chi connectivity index (χ2v) is 4.12. The van der Waals surface area contributed by atoms with Crippen LogP contribution in [0.2, 0.25) is 0 Å². The summed E-state index contributed by atoms with van der Waals surface area (Å²) in [5.74, 6) is -2.99. The number of carbonyl (C=O) groups excluding carboxylic acids is 1. The number of esters is 1. The van der Waals surface area contributed by atoms with Crippen LogP contribution in [0, 0.1) is 5.82 Å². The number of hydrogen-bond acceptors (Lipinski definition) is 4. The minimum atomic E-state index is -1.38. The Balaban J connectivity index is 2.57. The summed E-state index contributed by atoms with van der Waals surface area (Å²) in [6.07, 6.45) is 1.28. The lowest BCUT2D eigenvalue weighted by atomic mass is 10.0. The van der Waals surface area contributed by atoms with Gasteiger partial charge in [-0.1, -0.05) is 6.07 Å². The van der Waals surface area contributed by atoms with Gasteiger partial charge in [0.2, 0.25) is 0 Å². The molecule has 0 saturated carbocycles. The van der Waals surface area contributed by atoms with Gasteiger partial charge in [0.1, 0.15) is 11.4 Å². The second-order valence-electron chi connectivity index (χ2n) is 4.12. The first-order valence-electron chi connectivity index (χ1n) is 5.78. The molecule has 1 heterocycles. The summed E-state index contributed by atoms with van der Waals surface area (Å²) in [6, 6.07) is 4.80. The number of carboxylic acid groups (broad SMARTS) is 1. The number of pyridine rings is 1. The Kier molecular flexibility index (Phi) is 3.84. The molecule has 7 heteroatoms. The van der Waals surface area contributed by atoms with Crippen LogP contribution >= 0.6 is 0 Å². The molecule has 0 radical (unpaired) electrons. The standard InChI is InChI=1S/C14H10FNO5/c1-21-14(20)9-4-7(2-3-11(9)15)8-5-10(13(18)19)12(17)16-6-8/h2-6H,1H3,(H,16,17)(H,18,19). The van der Waals surface area contributed by atoms with E-state index in [1.54, 1.807) is 0 Å². The van der Waals surface area contributed by atoms with Gasteiger partial charge in [0, 0.05) is 6.20 Å². The Labute approximate surface area is 117 Å². The van der Waals surface area contributed by atoms with Crippen LogP contribution in [0.4, 0.5) is 4.39 Å². The van der Waals surface area contributed by atoms with Crippen molar-refractivity contribution in [1.29, 1.82) is 0 Å². The van der Waals surface area contributed by atoms with Gasteiger partial charge in [-0.05, 0) is 29.3 Å². The van der Waals surface area contributed by atoms with E-state index in [1.807, 2.05) is 0 Å². The maximum Gasteiger partial charge on any atom is 0.341 e. The summed E-state index contributed by atoms with van der Waals surface area (Å²) in [6.45, 7) is 0. The van der Waals surface area contributed by atoms with Crippen LogP contribution in [0.3, 0.4) is 0 Å². The third-order valence-electron chi connectivity index (χ3n) is 2.84. The van der Waals surface area contributed by atoms with Gasteiger partial charge in [0.15, 0.2) is 0 Å². The molecule has 0 aliphatic rings. The molecule has 0 aliphatic heterocycles. The SMILES string of the molecule is COC(=O)c1cc(-c2c[nH]c(=O)c(C(=O)O)c2)ccc1F. The highest BCUT2D eigenvalue weighted by atomic mass is 19.1. The summed E-state index contributed by atoms with van der Waals surface area (Å²) in [7, 11) is 1.12. The molecule has 1 aromatic carbocycles. The quantitative estimate of drug-likeness (QED) is 0.838. The smallest absolute Gasteiger partial charge is 0.341 e. The highest BCUT2D eigenvalue weighted by Crippen LogP contribution is 2.22. The zero-order chi connectivity index (χ0) is 15.6. The number of carboxylic acids is 1. The molecule has 0 fully saturated rings. The molecule has 0 atom stereocenters. The van der Waals surface area contributed by atoms with Crippen LogP contribution in [0.15, 0.2) is 35.3 Å². The molecule has 0 bridgehead atoms. The van der Waals surface area contributed by atoms with E-state index < -0.39 is 28.9 Å². The number of aromatic carboxylic acids is 1. The number of carbonyl (C=O) groups is 2. The number of benzene rings is 1. The van der Waals surface area contributed by atoms with Gasteiger partial charge < -0.3 is 14.8 Å². The fourth-order valence-electron chi connectivity index (χ4n) is 1.78. The van der Waals surface area contributed by atoms with Crippen LogP contribution < -0.4 is 5.56 Å². The van der Waals surface area contributed by atoms with Gasteiger partial charge in [0.05, 0.1) is 12.7 Å². The first-order chi connectivity index (χ1) is 9.93. The first-order valence-corrected chi connectivity index (χ1v) is 5.78. The topological polar surface area (TPSA) is 96.5 Å². The van der Waals surface area contributed by atoms with Gasteiger partial charge in [-0.25, -0.2) is 14.0 Å². The molecule has 0 spiro atoms. The van der Waals surface area contributed by atoms with Crippen LogP contribution in [0.1, 0.15) is 20.7 Å². The number of aromatic nitrogens is 1. The molecule has 108 valence electrons. The van der Waals surface area contributed by atoms with Crippen molar-refractivity contribution >= 4 is 11.9 Å². The monoisotopic (exact) mass is 291 g/mol. The summed E-state index contributed by atoms with van der Waals surface area (Å²) < 4.78 is 18.0. The molecule has 21 heavy (non-hydrogen) atoms. The van der Waals surface area contributed by atoms with Crippen molar-refractivity contribution < 1.29 is 23.8 Å². The molecule has 6 nitrogen and oxygen atoms in total. The maximum atomic E-state index is 13.5. The van der Waals surface area contributed by atoms with Crippen molar-refractivity contribution in [1.82, 2.24) is 4.98 Å². The number of H-pyrrole nitrogens is 1. The molecule has 0 saturated heterocycles. The van der Waals surface area contributed by atoms with Crippen LogP contribution in [0.5, 0.6) is 0 Å². The van der Waals surface area contributed by atoms with E-state index in [4.69, 9.17) is 5.11 Å². The zero-order valence-corrected chi connectivity index (χ0v) is 10.8. The van der Waals surface area contributed by atoms with E-state index in [0.717, 1.165) is 19.2 Å². The second kappa shape index (κ2) is 5.58. The minimum Gasteiger partial charge on any atom is -0.477 e. The lowest BCUT2D eigenvalue weighted by Gasteiger charge is -2.06. The molecule has 2 rings (SSSR count). The van der Waals surface area contributed by atoms with Crippen molar-refractivity contribution in [3.05, 3.63) is 57.8 Å². The van der Waals surface area contributed by atoms with Gasteiger partial charge >= 0.3 is 11.9 Å². The third kappa shape index (κ3) is 2.81. The van der Waals surface area contributed by atoms with E-state index in [2.05, 4.69) is 9.72 Å². The molecule has 0 unspecified atom stereocenters. The fourth-order valence-corrected chi connectivity index (χ4v) is 1.78. The van der Waals surface area contributed by atoms with Crippen LogP contribution in [0.25, 0.3) is 11.1 Å². The Morgan fingerprint density at radius 1 is 1.19 bits per heavy atom.